The van der Waals surface area contributed by atoms with Crippen molar-refractivity contribution in [3.05, 3.63) is 35.9 Å². The Hall–Kier alpha value is -1.39. The van der Waals surface area contributed by atoms with Crippen molar-refractivity contribution in [2.45, 2.75) is 26.3 Å². The Morgan fingerprint density at radius 3 is 2.58 bits per heavy atom. The third-order valence-corrected chi connectivity index (χ3v) is 3.04. The summed E-state index contributed by atoms with van der Waals surface area (Å²) in [7, 11) is 0. The summed E-state index contributed by atoms with van der Waals surface area (Å²) < 4.78 is 0. The number of rotatable bonds is 8. The van der Waals surface area contributed by atoms with Gasteiger partial charge in [0.15, 0.2) is 0 Å². The van der Waals surface area contributed by atoms with Crippen molar-refractivity contribution in [2.75, 3.05) is 19.7 Å². The second-order valence-corrected chi connectivity index (χ2v) is 4.79. The summed E-state index contributed by atoms with van der Waals surface area (Å²) in [5.74, 6) is -0.110. The molecular formula is C15H24N2O2. The number of benzene rings is 1. The Bertz CT molecular complexity index is 368. The quantitative estimate of drug-likeness (QED) is 0.655. The maximum absolute atomic E-state index is 11.9. The van der Waals surface area contributed by atoms with Crippen LogP contribution in [0, 0.1) is 5.92 Å². The minimum absolute atomic E-state index is 0.0177. The molecule has 0 saturated carbocycles. The number of amides is 1. The maximum atomic E-state index is 11.9. The van der Waals surface area contributed by atoms with Gasteiger partial charge in [-0.1, -0.05) is 44.2 Å². The molecule has 0 saturated heterocycles. The first kappa shape index (κ1) is 15.7. The highest BCUT2D eigenvalue weighted by molar-refractivity contribution is 5.78. The number of hydrogen-bond donors (Lipinski definition) is 3. The lowest BCUT2D eigenvalue weighted by atomic mass is 10.1. The van der Waals surface area contributed by atoms with Gasteiger partial charge < -0.3 is 15.7 Å². The standard InChI is InChI=1S/C15H24N2O2/c1-3-16-10-12(2)15(19)17-14(11-18)9-13-7-5-4-6-8-13/h4-8,12,14,16,18H,3,9-11H2,1-2H3,(H,17,19). The SMILES string of the molecule is CCNCC(C)C(=O)NC(CO)Cc1ccccc1. The third-order valence-electron chi connectivity index (χ3n) is 3.04. The fraction of sp³-hybridized carbons (Fsp3) is 0.533. The minimum Gasteiger partial charge on any atom is -0.394 e. The molecule has 4 heteroatoms. The fourth-order valence-corrected chi connectivity index (χ4v) is 1.86. The van der Waals surface area contributed by atoms with E-state index in [-0.39, 0.29) is 24.5 Å². The summed E-state index contributed by atoms with van der Waals surface area (Å²) >= 11 is 0. The van der Waals surface area contributed by atoms with Crippen molar-refractivity contribution in [1.82, 2.24) is 10.6 Å². The van der Waals surface area contributed by atoms with Crippen molar-refractivity contribution in [1.29, 1.82) is 0 Å². The summed E-state index contributed by atoms with van der Waals surface area (Å²) in [6.45, 7) is 5.36. The molecule has 0 aliphatic heterocycles. The van der Waals surface area contributed by atoms with Crippen LogP contribution >= 0.6 is 0 Å². The number of carbonyl (C=O) groups excluding carboxylic acids is 1. The van der Waals surface area contributed by atoms with Crippen LogP contribution in [0.25, 0.3) is 0 Å². The zero-order valence-electron chi connectivity index (χ0n) is 11.7. The largest absolute Gasteiger partial charge is 0.394 e. The summed E-state index contributed by atoms with van der Waals surface area (Å²) in [5.41, 5.74) is 1.11. The van der Waals surface area contributed by atoms with Crippen molar-refractivity contribution >= 4 is 5.91 Å². The zero-order valence-corrected chi connectivity index (χ0v) is 11.7. The van der Waals surface area contributed by atoms with Gasteiger partial charge in [0.2, 0.25) is 5.91 Å². The maximum Gasteiger partial charge on any atom is 0.224 e. The lowest BCUT2D eigenvalue weighted by Gasteiger charge is -2.19. The predicted octanol–water partition coefficient (Wildman–Crippen LogP) is 0.952. The summed E-state index contributed by atoms with van der Waals surface area (Å²) in [6, 6.07) is 9.64. The first-order valence-electron chi connectivity index (χ1n) is 6.83. The molecule has 0 heterocycles. The predicted molar refractivity (Wildman–Crippen MR) is 76.9 cm³/mol. The van der Waals surface area contributed by atoms with Crippen LogP contribution in [0.1, 0.15) is 19.4 Å². The van der Waals surface area contributed by atoms with Gasteiger partial charge in [-0.05, 0) is 18.5 Å². The molecule has 4 nitrogen and oxygen atoms in total. The molecule has 2 unspecified atom stereocenters. The molecule has 0 spiro atoms. The van der Waals surface area contributed by atoms with E-state index in [0.29, 0.717) is 13.0 Å². The fourth-order valence-electron chi connectivity index (χ4n) is 1.86. The molecule has 0 aliphatic carbocycles. The van der Waals surface area contributed by atoms with E-state index >= 15 is 0 Å². The van der Waals surface area contributed by atoms with E-state index in [1.807, 2.05) is 44.2 Å². The van der Waals surface area contributed by atoms with E-state index in [0.717, 1.165) is 12.1 Å². The Morgan fingerprint density at radius 1 is 1.32 bits per heavy atom. The topological polar surface area (TPSA) is 61.4 Å². The molecule has 19 heavy (non-hydrogen) atoms. The summed E-state index contributed by atoms with van der Waals surface area (Å²) in [4.78, 5) is 11.9. The molecule has 0 fully saturated rings. The van der Waals surface area contributed by atoms with Crippen molar-refractivity contribution in [2.24, 2.45) is 5.92 Å². The average molecular weight is 264 g/mol. The number of hydrogen-bond acceptors (Lipinski definition) is 3. The number of aliphatic hydroxyl groups excluding tert-OH is 1. The lowest BCUT2D eigenvalue weighted by Crippen LogP contribution is -2.43. The zero-order chi connectivity index (χ0) is 14.1. The molecule has 0 radical (unpaired) electrons. The van der Waals surface area contributed by atoms with E-state index in [4.69, 9.17) is 0 Å². The van der Waals surface area contributed by atoms with E-state index in [1.54, 1.807) is 0 Å². The second-order valence-electron chi connectivity index (χ2n) is 4.79. The number of aliphatic hydroxyl groups is 1. The van der Waals surface area contributed by atoms with Gasteiger partial charge in [0.25, 0.3) is 0 Å². The highest BCUT2D eigenvalue weighted by Crippen LogP contribution is 2.04. The molecule has 1 aromatic rings. The molecular weight excluding hydrogens is 240 g/mol. The van der Waals surface area contributed by atoms with Crippen molar-refractivity contribution < 1.29 is 9.90 Å². The van der Waals surface area contributed by atoms with Gasteiger partial charge >= 0.3 is 0 Å². The Balaban J connectivity index is 2.45. The van der Waals surface area contributed by atoms with Gasteiger partial charge in [-0.15, -0.1) is 0 Å². The highest BCUT2D eigenvalue weighted by Gasteiger charge is 2.17. The number of carbonyl (C=O) groups is 1. The van der Waals surface area contributed by atoms with E-state index in [1.165, 1.54) is 0 Å². The van der Waals surface area contributed by atoms with Crippen LogP contribution in [0.5, 0.6) is 0 Å². The summed E-state index contributed by atoms with van der Waals surface area (Å²) in [6.07, 6.45) is 0.650. The summed E-state index contributed by atoms with van der Waals surface area (Å²) in [5, 5.41) is 15.4. The van der Waals surface area contributed by atoms with Crippen molar-refractivity contribution in [3.63, 3.8) is 0 Å². The van der Waals surface area contributed by atoms with E-state index in [2.05, 4.69) is 10.6 Å². The van der Waals surface area contributed by atoms with Crippen LogP contribution in [0.3, 0.4) is 0 Å². The van der Waals surface area contributed by atoms with Crippen LogP contribution in [-0.2, 0) is 11.2 Å². The van der Waals surface area contributed by atoms with Crippen LogP contribution in [0.15, 0.2) is 30.3 Å². The molecule has 0 aromatic heterocycles. The van der Waals surface area contributed by atoms with Crippen LogP contribution in [-0.4, -0.2) is 36.8 Å². The first-order chi connectivity index (χ1) is 9.17. The molecule has 1 rings (SSSR count). The van der Waals surface area contributed by atoms with Crippen LogP contribution < -0.4 is 10.6 Å². The molecule has 0 bridgehead atoms. The van der Waals surface area contributed by atoms with Gasteiger partial charge in [0.1, 0.15) is 0 Å². The smallest absolute Gasteiger partial charge is 0.224 e. The number of nitrogens with one attached hydrogen (secondary N) is 2. The van der Waals surface area contributed by atoms with E-state index < -0.39 is 0 Å². The highest BCUT2D eigenvalue weighted by atomic mass is 16.3. The molecule has 3 N–H and O–H groups in total. The van der Waals surface area contributed by atoms with E-state index in [9.17, 15) is 9.90 Å². The molecule has 2 atom stereocenters. The molecule has 1 aromatic carbocycles. The van der Waals surface area contributed by atoms with Gasteiger partial charge in [0, 0.05) is 12.5 Å². The molecule has 1 amide bonds. The van der Waals surface area contributed by atoms with Gasteiger partial charge in [-0.3, -0.25) is 4.79 Å². The van der Waals surface area contributed by atoms with Gasteiger partial charge in [-0.25, -0.2) is 0 Å². The Morgan fingerprint density at radius 2 is 2.00 bits per heavy atom. The Kier molecular flexibility index (Phi) is 7.15. The normalized spacial score (nSPS) is 13.8. The van der Waals surface area contributed by atoms with Crippen LogP contribution in [0.2, 0.25) is 0 Å². The average Bonchev–Trinajstić information content (AvgIpc) is 2.44. The molecule has 0 aliphatic rings. The monoisotopic (exact) mass is 264 g/mol. The second kappa shape index (κ2) is 8.67. The third kappa shape index (κ3) is 5.85. The van der Waals surface area contributed by atoms with Gasteiger partial charge in [0.05, 0.1) is 12.6 Å². The first-order valence-corrected chi connectivity index (χ1v) is 6.83. The van der Waals surface area contributed by atoms with Crippen LogP contribution in [0.4, 0.5) is 0 Å². The minimum atomic E-state index is -0.223. The Labute approximate surface area is 115 Å². The molecule has 106 valence electrons. The van der Waals surface area contributed by atoms with Gasteiger partial charge in [-0.2, -0.15) is 0 Å². The van der Waals surface area contributed by atoms with Crippen molar-refractivity contribution in [3.8, 4) is 0 Å². The lowest BCUT2D eigenvalue weighted by molar-refractivity contribution is -0.125.